The summed E-state index contributed by atoms with van der Waals surface area (Å²) in [6, 6.07) is 10.7. The lowest BCUT2D eigenvalue weighted by Crippen LogP contribution is -2.45. The topological polar surface area (TPSA) is 52.7 Å². The van der Waals surface area contributed by atoms with Crippen molar-refractivity contribution in [3.8, 4) is 0 Å². The van der Waals surface area contributed by atoms with Gasteiger partial charge in [-0.1, -0.05) is 48.3 Å². The molecule has 1 fully saturated rings. The van der Waals surface area contributed by atoms with Crippen LogP contribution in [-0.4, -0.2) is 28.9 Å². The monoisotopic (exact) mass is 483 g/mol. The van der Waals surface area contributed by atoms with Gasteiger partial charge in [0.05, 0.1) is 12.1 Å². The van der Waals surface area contributed by atoms with Gasteiger partial charge in [0.1, 0.15) is 5.70 Å². The maximum absolute atomic E-state index is 13.0. The maximum Gasteiger partial charge on any atom is 0.329 e. The number of carbonyl (C=O) groups excluding carboxylic acids is 2. The zero-order chi connectivity index (χ0) is 23.9. The van der Waals surface area contributed by atoms with Crippen molar-refractivity contribution in [1.29, 1.82) is 0 Å². The van der Waals surface area contributed by atoms with Gasteiger partial charge >= 0.3 is 6.03 Å². The molecule has 2 heterocycles. The van der Waals surface area contributed by atoms with Crippen LogP contribution in [0, 0.1) is 0 Å². The number of carbonyl (C=O) groups is 2. The minimum atomic E-state index is -0.470. The fourth-order valence-corrected chi connectivity index (χ4v) is 4.99. The number of imide groups is 1. The minimum absolute atomic E-state index is 0.0636. The Morgan fingerprint density at radius 1 is 1.09 bits per heavy atom. The number of fused-ring (bicyclic) bond motifs is 1. The lowest BCUT2D eigenvalue weighted by molar-refractivity contribution is -0.123. The van der Waals surface area contributed by atoms with Gasteiger partial charge in [-0.2, -0.15) is 0 Å². The molecule has 172 valence electrons. The van der Waals surface area contributed by atoms with Crippen molar-refractivity contribution in [2.24, 2.45) is 0 Å². The average molecular weight is 484 g/mol. The van der Waals surface area contributed by atoms with E-state index in [1.165, 1.54) is 11.3 Å². The van der Waals surface area contributed by atoms with E-state index in [0.29, 0.717) is 15.6 Å². The third-order valence-electron chi connectivity index (χ3n) is 6.07. The molecule has 5 nitrogen and oxygen atoms in total. The number of amides is 3. The number of benzene rings is 2. The molecule has 4 rings (SSSR count). The van der Waals surface area contributed by atoms with E-state index in [9.17, 15) is 9.59 Å². The Bertz CT molecular complexity index is 1200. The van der Waals surface area contributed by atoms with E-state index in [0.717, 1.165) is 29.0 Å². The van der Waals surface area contributed by atoms with Gasteiger partial charge in [0, 0.05) is 27.8 Å². The second kappa shape index (κ2) is 8.88. The minimum Gasteiger partial charge on any atom is -0.362 e. The molecule has 0 atom stereocenters. The first-order valence-electron chi connectivity index (χ1n) is 11.0. The number of nitrogens with zero attached hydrogens (tertiary/aromatic N) is 2. The highest BCUT2D eigenvalue weighted by atomic mass is 35.5. The number of nitrogens with one attached hydrogen (secondary N) is 1. The average Bonchev–Trinajstić information content (AvgIpc) is 3.00. The standard InChI is InChI=1S/C26H27Cl2N3O2/c1-5-10-31-23-9-6-17(11-20(23)16(2)14-26(31,3)4)12-22-24(32)30(25(33)29-22)15-18-7-8-19(27)13-21(18)28/h6-9,11-14H,5,10,15H2,1-4H3,(H,29,33)/b22-12+. The van der Waals surface area contributed by atoms with Crippen LogP contribution >= 0.6 is 23.2 Å². The van der Waals surface area contributed by atoms with E-state index in [2.05, 4.69) is 56.1 Å². The van der Waals surface area contributed by atoms with E-state index in [4.69, 9.17) is 23.2 Å². The molecule has 1 saturated heterocycles. The summed E-state index contributed by atoms with van der Waals surface area (Å²) in [5.41, 5.74) is 5.21. The van der Waals surface area contributed by atoms with Gasteiger partial charge in [0.2, 0.25) is 0 Å². The van der Waals surface area contributed by atoms with E-state index in [1.54, 1.807) is 24.3 Å². The van der Waals surface area contributed by atoms with Gasteiger partial charge in [-0.05, 0) is 74.2 Å². The Labute approximate surface area is 204 Å². The van der Waals surface area contributed by atoms with Gasteiger partial charge in [0.25, 0.3) is 5.91 Å². The van der Waals surface area contributed by atoms with Crippen molar-refractivity contribution in [2.45, 2.75) is 46.2 Å². The van der Waals surface area contributed by atoms with Crippen LogP contribution in [0.5, 0.6) is 0 Å². The molecule has 2 aromatic rings. The SMILES string of the molecule is CCCN1c2ccc(/C=C3/NC(=O)N(Cc4ccc(Cl)cc4Cl)C3=O)cc2C(C)=CC1(C)C. The third kappa shape index (κ3) is 4.53. The third-order valence-corrected chi connectivity index (χ3v) is 6.65. The maximum atomic E-state index is 13.0. The van der Waals surface area contributed by atoms with E-state index in [1.807, 2.05) is 6.07 Å². The van der Waals surface area contributed by atoms with E-state index in [-0.39, 0.29) is 23.7 Å². The Kier molecular flexibility index (Phi) is 6.30. The number of urea groups is 1. The first-order chi connectivity index (χ1) is 15.6. The zero-order valence-electron chi connectivity index (χ0n) is 19.2. The van der Waals surface area contributed by atoms with Crippen LogP contribution < -0.4 is 10.2 Å². The summed E-state index contributed by atoms with van der Waals surface area (Å²) in [7, 11) is 0. The first kappa shape index (κ1) is 23.4. The van der Waals surface area contributed by atoms with Gasteiger partial charge in [-0.15, -0.1) is 0 Å². The number of hydrogen-bond donors (Lipinski definition) is 1. The molecule has 1 N–H and O–H groups in total. The second-order valence-corrected chi connectivity index (χ2v) is 9.87. The quantitative estimate of drug-likeness (QED) is 0.390. The van der Waals surface area contributed by atoms with Crippen molar-refractivity contribution >= 4 is 52.5 Å². The summed E-state index contributed by atoms with van der Waals surface area (Å²) in [4.78, 5) is 29.0. The van der Waals surface area contributed by atoms with Crippen LogP contribution in [0.2, 0.25) is 10.0 Å². The lowest BCUT2D eigenvalue weighted by atomic mass is 9.87. The number of rotatable bonds is 5. The number of hydrogen-bond acceptors (Lipinski definition) is 3. The Morgan fingerprint density at radius 3 is 2.55 bits per heavy atom. The van der Waals surface area contributed by atoms with Crippen molar-refractivity contribution in [2.75, 3.05) is 11.4 Å². The Balaban J connectivity index is 1.62. The Hall–Kier alpha value is -2.76. The highest BCUT2D eigenvalue weighted by Gasteiger charge is 2.34. The number of allylic oxidation sites excluding steroid dienone is 1. The Morgan fingerprint density at radius 2 is 1.85 bits per heavy atom. The van der Waals surface area contributed by atoms with Crippen molar-refractivity contribution in [1.82, 2.24) is 10.2 Å². The highest BCUT2D eigenvalue weighted by Crippen LogP contribution is 2.39. The van der Waals surface area contributed by atoms with Gasteiger partial charge in [-0.25, -0.2) is 4.79 Å². The lowest BCUT2D eigenvalue weighted by Gasteiger charge is -2.43. The van der Waals surface area contributed by atoms with Crippen LogP contribution in [-0.2, 0) is 11.3 Å². The van der Waals surface area contributed by atoms with Crippen LogP contribution in [0.1, 0.15) is 50.8 Å². The molecule has 7 heteroatoms. The summed E-state index contributed by atoms with van der Waals surface area (Å²) in [6.07, 6.45) is 5.05. The summed E-state index contributed by atoms with van der Waals surface area (Å²) in [5, 5.41) is 3.60. The van der Waals surface area contributed by atoms with Crippen LogP contribution in [0.4, 0.5) is 10.5 Å². The van der Waals surface area contributed by atoms with E-state index >= 15 is 0 Å². The summed E-state index contributed by atoms with van der Waals surface area (Å²) < 4.78 is 0. The van der Waals surface area contributed by atoms with Crippen LogP contribution in [0.15, 0.2) is 48.2 Å². The summed E-state index contributed by atoms with van der Waals surface area (Å²) in [5.74, 6) is -0.384. The molecule has 0 unspecified atom stereocenters. The molecule has 3 amide bonds. The van der Waals surface area contributed by atoms with Gasteiger partial charge in [-0.3, -0.25) is 9.69 Å². The molecule has 33 heavy (non-hydrogen) atoms. The largest absolute Gasteiger partial charge is 0.362 e. The number of halogens is 2. The van der Waals surface area contributed by atoms with Crippen molar-refractivity contribution in [3.05, 3.63) is 74.9 Å². The molecule has 0 spiro atoms. The van der Waals surface area contributed by atoms with Crippen LogP contribution in [0.3, 0.4) is 0 Å². The van der Waals surface area contributed by atoms with Crippen molar-refractivity contribution < 1.29 is 9.59 Å². The molecule has 0 aliphatic carbocycles. The molecule has 2 aromatic carbocycles. The van der Waals surface area contributed by atoms with Gasteiger partial charge in [0.15, 0.2) is 0 Å². The zero-order valence-corrected chi connectivity index (χ0v) is 20.7. The molecule has 2 aliphatic heterocycles. The second-order valence-electron chi connectivity index (χ2n) is 9.02. The first-order valence-corrected chi connectivity index (χ1v) is 11.8. The summed E-state index contributed by atoms with van der Waals surface area (Å²) in [6.45, 7) is 9.77. The fourth-order valence-electron chi connectivity index (χ4n) is 4.52. The number of anilines is 1. The fraction of sp³-hybridized carbons (Fsp3) is 0.308. The van der Waals surface area contributed by atoms with Crippen LogP contribution in [0.25, 0.3) is 11.6 Å². The molecular formula is C26H27Cl2N3O2. The molecule has 0 aromatic heterocycles. The molecule has 0 bridgehead atoms. The predicted octanol–water partition coefficient (Wildman–Crippen LogP) is 6.50. The summed E-state index contributed by atoms with van der Waals surface area (Å²) >= 11 is 12.2. The smallest absolute Gasteiger partial charge is 0.329 e. The molecular weight excluding hydrogens is 457 g/mol. The highest BCUT2D eigenvalue weighted by molar-refractivity contribution is 6.35. The molecule has 0 radical (unpaired) electrons. The molecule has 2 aliphatic rings. The van der Waals surface area contributed by atoms with E-state index < -0.39 is 6.03 Å². The predicted molar refractivity (Wildman–Crippen MR) is 135 cm³/mol. The van der Waals surface area contributed by atoms with Crippen molar-refractivity contribution in [3.63, 3.8) is 0 Å². The normalized spacial score (nSPS) is 18.5. The van der Waals surface area contributed by atoms with Gasteiger partial charge < -0.3 is 10.2 Å². The molecule has 0 saturated carbocycles.